The number of nitrogens with zero attached hydrogens (tertiary/aromatic N) is 3. The number of benzene rings is 2. The number of rotatable bonds is 6. The Labute approximate surface area is 176 Å². The zero-order valence-corrected chi connectivity index (χ0v) is 16.7. The first-order valence-electron chi connectivity index (χ1n) is 9.24. The molecule has 1 amide bonds. The second kappa shape index (κ2) is 9.08. The standard InChI is InChI=1S/C21H18F2N4O2S/c22-16-5-1-14(2-6-16)11-27-12-18(19(28)25-21-24-9-10-30-21)20(26-27)29-13-15-3-7-17(23)8-4-15/h1-8,12H,9-11,13H2,(H,24,25,28). The summed E-state index contributed by atoms with van der Waals surface area (Å²) in [5.74, 6) is -0.0484. The first kappa shape index (κ1) is 20.1. The van der Waals surface area contributed by atoms with Crippen molar-refractivity contribution in [2.75, 3.05) is 12.3 Å². The summed E-state index contributed by atoms with van der Waals surface area (Å²) >= 11 is 1.47. The quantitative estimate of drug-likeness (QED) is 0.651. The van der Waals surface area contributed by atoms with Gasteiger partial charge < -0.3 is 10.1 Å². The van der Waals surface area contributed by atoms with Gasteiger partial charge in [0.2, 0.25) is 5.88 Å². The summed E-state index contributed by atoms with van der Waals surface area (Å²) in [6, 6.07) is 11.9. The van der Waals surface area contributed by atoms with Crippen molar-refractivity contribution in [3.8, 4) is 5.88 Å². The normalized spacial score (nSPS) is 13.2. The molecule has 4 rings (SSSR count). The van der Waals surface area contributed by atoms with E-state index in [1.807, 2.05) is 0 Å². The third-order valence-corrected chi connectivity index (χ3v) is 5.22. The highest BCUT2D eigenvalue weighted by atomic mass is 32.2. The number of ether oxygens (including phenoxy) is 1. The summed E-state index contributed by atoms with van der Waals surface area (Å²) in [4.78, 5) is 17.0. The largest absolute Gasteiger partial charge is 0.471 e. The predicted octanol–water partition coefficient (Wildman–Crippen LogP) is 3.62. The van der Waals surface area contributed by atoms with Crippen LogP contribution in [0.2, 0.25) is 0 Å². The predicted molar refractivity (Wildman–Crippen MR) is 111 cm³/mol. The summed E-state index contributed by atoms with van der Waals surface area (Å²) in [5, 5.41) is 7.71. The molecule has 0 bridgehead atoms. The third-order valence-electron chi connectivity index (χ3n) is 4.33. The van der Waals surface area contributed by atoms with Crippen molar-refractivity contribution >= 4 is 22.8 Å². The molecule has 6 nitrogen and oxygen atoms in total. The van der Waals surface area contributed by atoms with Crippen LogP contribution in [0, 0.1) is 11.6 Å². The Kier molecular flexibility index (Phi) is 6.08. The Balaban J connectivity index is 1.54. The van der Waals surface area contributed by atoms with Gasteiger partial charge in [0, 0.05) is 11.9 Å². The van der Waals surface area contributed by atoms with Gasteiger partial charge in [-0.2, -0.15) is 0 Å². The van der Waals surface area contributed by atoms with Crippen LogP contribution in [0.15, 0.2) is 59.7 Å². The number of hydrogen-bond acceptors (Lipinski definition) is 5. The van der Waals surface area contributed by atoms with Gasteiger partial charge >= 0.3 is 0 Å². The van der Waals surface area contributed by atoms with Crippen molar-refractivity contribution in [2.45, 2.75) is 13.2 Å². The maximum absolute atomic E-state index is 13.1. The van der Waals surface area contributed by atoms with Crippen LogP contribution in [0.5, 0.6) is 5.88 Å². The topological polar surface area (TPSA) is 68.5 Å². The van der Waals surface area contributed by atoms with Gasteiger partial charge in [-0.05, 0) is 35.4 Å². The Bertz CT molecular complexity index is 1070. The van der Waals surface area contributed by atoms with Crippen molar-refractivity contribution in [2.24, 2.45) is 4.99 Å². The van der Waals surface area contributed by atoms with Crippen LogP contribution in [0.25, 0.3) is 0 Å². The summed E-state index contributed by atoms with van der Waals surface area (Å²) in [5.41, 5.74) is 1.83. The number of halogens is 2. The van der Waals surface area contributed by atoms with Gasteiger partial charge in [-0.25, -0.2) is 8.78 Å². The Hall–Kier alpha value is -3.20. The Morgan fingerprint density at radius 1 is 1.07 bits per heavy atom. The zero-order valence-electron chi connectivity index (χ0n) is 15.8. The highest BCUT2D eigenvalue weighted by Crippen LogP contribution is 2.20. The van der Waals surface area contributed by atoms with Crippen LogP contribution < -0.4 is 10.1 Å². The van der Waals surface area contributed by atoms with Gasteiger partial charge in [0.1, 0.15) is 23.8 Å². The highest BCUT2D eigenvalue weighted by Gasteiger charge is 2.21. The number of nitrogens with one attached hydrogen (secondary N) is 1. The number of amides is 1. The molecule has 3 aromatic rings. The van der Waals surface area contributed by atoms with Crippen LogP contribution >= 0.6 is 11.8 Å². The average Bonchev–Trinajstić information content (AvgIpc) is 3.39. The lowest BCUT2D eigenvalue weighted by Gasteiger charge is -2.06. The van der Waals surface area contributed by atoms with Gasteiger partial charge in [0.05, 0.1) is 13.1 Å². The number of carbonyl (C=O) groups excluding carboxylic acids is 1. The lowest BCUT2D eigenvalue weighted by molar-refractivity contribution is 0.0973. The van der Waals surface area contributed by atoms with E-state index < -0.39 is 0 Å². The smallest absolute Gasteiger partial charge is 0.264 e. The number of hydrogen-bond donors (Lipinski definition) is 1. The molecule has 0 radical (unpaired) electrons. The van der Waals surface area contributed by atoms with Crippen molar-refractivity contribution in [1.29, 1.82) is 0 Å². The molecule has 30 heavy (non-hydrogen) atoms. The molecule has 0 saturated heterocycles. The third kappa shape index (κ3) is 5.04. The van der Waals surface area contributed by atoms with Crippen molar-refractivity contribution in [3.05, 3.63) is 83.1 Å². The van der Waals surface area contributed by atoms with E-state index in [2.05, 4.69) is 15.4 Å². The van der Waals surface area contributed by atoms with Crippen molar-refractivity contribution in [3.63, 3.8) is 0 Å². The molecule has 0 spiro atoms. The van der Waals surface area contributed by atoms with Crippen molar-refractivity contribution in [1.82, 2.24) is 15.1 Å². The average molecular weight is 428 g/mol. The minimum Gasteiger partial charge on any atom is -0.471 e. The van der Waals surface area contributed by atoms with Gasteiger partial charge in [-0.15, -0.1) is 5.10 Å². The number of thioether (sulfide) groups is 1. The lowest BCUT2D eigenvalue weighted by Crippen LogP contribution is -2.27. The molecule has 0 aliphatic carbocycles. The molecule has 2 aromatic carbocycles. The van der Waals surface area contributed by atoms with Gasteiger partial charge in [-0.1, -0.05) is 36.0 Å². The number of carbonyl (C=O) groups is 1. The van der Waals surface area contributed by atoms with Crippen LogP contribution in [0.3, 0.4) is 0 Å². The highest BCUT2D eigenvalue weighted by molar-refractivity contribution is 8.14. The second-order valence-electron chi connectivity index (χ2n) is 6.58. The van der Waals surface area contributed by atoms with E-state index in [1.165, 1.54) is 36.0 Å². The number of amidine groups is 1. The number of aliphatic imine (C=N–C) groups is 1. The van der Waals surface area contributed by atoms with Crippen molar-refractivity contribution < 1.29 is 18.3 Å². The molecule has 1 aromatic heterocycles. The van der Waals surface area contributed by atoms with Crippen LogP contribution in [-0.4, -0.2) is 33.2 Å². The zero-order chi connectivity index (χ0) is 20.9. The van der Waals surface area contributed by atoms with Crippen LogP contribution in [-0.2, 0) is 13.2 Å². The van der Waals surface area contributed by atoms with E-state index in [0.29, 0.717) is 18.3 Å². The first-order valence-corrected chi connectivity index (χ1v) is 10.2. The lowest BCUT2D eigenvalue weighted by atomic mass is 10.2. The molecule has 1 N–H and O–H groups in total. The molecule has 0 atom stereocenters. The molecule has 0 fully saturated rings. The number of aromatic nitrogens is 2. The summed E-state index contributed by atoms with van der Waals surface area (Å²) < 4.78 is 33.6. The minimum atomic E-state index is -0.373. The van der Waals surface area contributed by atoms with Gasteiger partial charge in [0.25, 0.3) is 5.91 Å². The Morgan fingerprint density at radius 3 is 2.37 bits per heavy atom. The van der Waals surface area contributed by atoms with Crippen LogP contribution in [0.1, 0.15) is 21.5 Å². The van der Waals surface area contributed by atoms with E-state index in [9.17, 15) is 13.6 Å². The molecular weight excluding hydrogens is 410 g/mol. The molecular formula is C21H18F2N4O2S. The second-order valence-corrected chi connectivity index (χ2v) is 7.66. The molecule has 9 heteroatoms. The van der Waals surface area contributed by atoms with E-state index in [1.54, 1.807) is 35.1 Å². The Morgan fingerprint density at radius 2 is 1.73 bits per heavy atom. The van der Waals surface area contributed by atoms with E-state index in [0.717, 1.165) is 16.9 Å². The van der Waals surface area contributed by atoms with E-state index >= 15 is 0 Å². The fraction of sp³-hybridized carbons (Fsp3) is 0.190. The van der Waals surface area contributed by atoms with Gasteiger partial charge in [-0.3, -0.25) is 14.5 Å². The SMILES string of the molecule is O=C(NC1=NCCS1)c1cn(Cc2ccc(F)cc2)nc1OCc1ccc(F)cc1. The maximum Gasteiger partial charge on any atom is 0.264 e. The molecule has 2 heterocycles. The monoisotopic (exact) mass is 428 g/mol. The fourth-order valence-corrected chi connectivity index (χ4v) is 3.55. The molecule has 0 saturated carbocycles. The van der Waals surface area contributed by atoms with E-state index in [-0.39, 0.29) is 35.6 Å². The fourth-order valence-electron chi connectivity index (χ4n) is 2.83. The molecule has 1 aliphatic rings. The maximum atomic E-state index is 13.1. The molecule has 154 valence electrons. The molecule has 1 aliphatic heterocycles. The summed E-state index contributed by atoms with van der Waals surface area (Å²) in [6.07, 6.45) is 1.58. The summed E-state index contributed by atoms with van der Waals surface area (Å²) in [7, 11) is 0. The van der Waals surface area contributed by atoms with Gasteiger partial charge in [0.15, 0.2) is 5.17 Å². The minimum absolute atomic E-state index is 0.129. The molecule has 0 unspecified atom stereocenters. The van der Waals surface area contributed by atoms with E-state index in [4.69, 9.17) is 4.74 Å². The van der Waals surface area contributed by atoms with Crippen LogP contribution in [0.4, 0.5) is 8.78 Å². The summed E-state index contributed by atoms with van der Waals surface area (Å²) in [6.45, 7) is 1.14. The first-order chi connectivity index (χ1) is 14.6.